The Balaban J connectivity index is 2.07. The van der Waals surface area contributed by atoms with Crippen LogP contribution >= 0.6 is 0 Å². The maximum absolute atomic E-state index is 3.50. The topological polar surface area (TPSA) is 15.3 Å². The van der Waals surface area contributed by atoms with Crippen LogP contribution in [0.1, 0.15) is 12.8 Å². The zero-order valence-electron chi connectivity index (χ0n) is 5.93. The van der Waals surface area contributed by atoms with Crippen LogP contribution in [0.2, 0.25) is 0 Å². The molecule has 52 valence electrons. The highest BCUT2D eigenvalue weighted by Gasteiger charge is 2.31. The van der Waals surface area contributed by atoms with Crippen LogP contribution in [0.5, 0.6) is 0 Å². The van der Waals surface area contributed by atoms with E-state index in [9.17, 15) is 0 Å². The SMILES string of the molecule is CN1C[C@H]2C[C@H]1CCN2. The van der Waals surface area contributed by atoms with E-state index in [2.05, 4.69) is 17.3 Å². The van der Waals surface area contributed by atoms with Gasteiger partial charge in [0.25, 0.3) is 0 Å². The van der Waals surface area contributed by atoms with Gasteiger partial charge >= 0.3 is 0 Å². The van der Waals surface area contributed by atoms with Gasteiger partial charge < -0.3 is 10.2 Å². The van der Waals surface area contributed by atoms with Crippen LogP contribution in [0.25, 0.3) is 0 Å². The van der Waals surface area contributed by atoms with Gasteiger partial charge in [-0.25, -0.2) is 0 Å². The first-order valence-corrected chi connectivity index (χ1v) is 3.80. The third kappa shape index (κ3) is 0.864. The first-order valence-electron chi connectivity index (χ1n) is 3.80. The van der Waals surface area contributed by atoms with E-state index in [1.54, 1.807) is 0 Å². The summed E-state index contributed by atoms with van der Waals surface area (Å²) in [6.45, 7) is 2.50. The maximum atomic E-state index is 3.50. The Kier molecular flexibility index (Phi) is 1.24. The summed E-state index contributed by atoms with van der Waals surface area (Å²) in [4.78, 5) is 2.48. The first kappa shape index (κ1) is 5.69. The molecule has 0 amide bonds. The van der Waals surface area contributed by atoms with Gasteiger partial charge in [-0.2, -0.15) is 0 Å². The monoisotopic (exact) mass is 126 g/mol. The van der Waals surface area contributed by atoms with Gasteiger partial charge in [-0.05, 0) is 26.4 Å². The number of fused-ring (bicyclic) bond motifs is 2. The molecule has 2 bridgehead atoms. The largest absolute Gasteiger partial charge is 0.313 e. The lowest BCUT2D eigenvalue weighted by Crippen LogP contribution is -2.34. The van der Waals surface area contributed by atoms with Crippen LogP contribution in [-0.2, 0) is 0 Å². The fourth-order valence-electron chi connectivity index (χ4n) is 2.02. The molecule has 0 saturated carbocycles. The van der Waals surface area contributed by atoms with Gasteiger partial charge in [0.05, 0.1) is 0 Å². The summed E-state index contributed by atoms with van der Waals surface area (Å²) in [6, 6.07) is 1.71. The molecule has 0 aromatic rings. The second-order valence-electron chi connectivity index (χ2n) is 3.27. The van der Waals surface area contributed by atoms with Gasteiger partial charge in [0.15, 0.2) is 0 Å². The molecule has 1 N–H and O–H groups in total. The van der Waals surface area contributed by atoms with Gasteiger partial charge in [0.2, 0.25) is 0 Å². The molecular formula is C7H14N2. The Morgan fingerprint density at radius 2 is 2.44 bits per heavy atom. The lowest BCUT2D eigenvalue weighted by Gasteiger charge is -2.20. The molecule has 0 aromatic heterocycles. The van der Waals surface area contributed by atoms with Crippen molar-refractivity contribution in [3.05, 3.63) is 0 Å². The van der Waals surface area contributed by atoms with Gasteiger partial charge in [-0.3, -0.25) is 0 Å². The number of nitrogens with zero attached hydrogens (tertiary/aromatic N) is 1. The summed E-state index contributed by atoms with van der Waals surface area (Å²) >= 11 is 0. The molecule has 2 heteroatoms. The Labute approximate surface area is 56.2 Å². The van der Waals surface area contributed by atoms with Gasteiger partial charge in [-0.15, -0.1) is 0 Å². The number of nitrogens with one attached hydrogen (secondary N) is 1. The number of likely N-dealkylation sites (tertiary alicyclic amines) is 1. The quantitative estimate of drug-likeness (QED) is 0.493. The third-order valence-electron chi connectivity index (χ3n) is 2.60. The highest BCUT2D eigenvalue weighted by atomic mass is 15.2. The molecule has 2 heterocycles. The van der Waals surface area contributed by atoms with Crippen LogP contribution in [0, 0.1) is 0 Å². The fraction of sp³-hybridized carbons (Fsp3) is 1.00. The number of piperidine rings is 1. The van der Waals surface area contributed by atoms with E-state index in [1.807, 2.05) is 0 Å². The van der Waals surface area contributed by atoms with Crippen molar-refractivity contribution in [3.8, 4) is 0 Å². The van der Waals surface area contributed by atoms with Crippen LogP contribution in [0.4, 0.5) is 0 Å². The lowest BCUT2D eigenvalue weighted by atomic mass is 10.1. The zero-order chi connectivity index (χ0) is 6.27. The minimum atomic E-state index is 0.814. The van der Waals surface area contributed by atoms with Crippen LogP contribution in [0.15, 0.2) is 0 Å². The summed E-state index contributed by atoms with van der Waals surface area (Å²) in [7, 11) is 2.23. The molecule has 2 atom stereocenters. The van der Waals surface area contributed by atoms with Gasteiger partial charge in [0, 0.05) is 18.6 Å². The third-order valence-corrected chi connectivity index (χ3v) is 2.60. The average molecular weight is 126 g/mol. The number of likely N-dealkylation sites (N-methyl/N-ethyl adjacent to an activating group) is 1. The van der Waals surface area contributed by atoms with Crippen LogP contribution in [-0.4, -0.2) is 37.1 Å². The molecule has 2 aliphatic rings. The molecule has 0 unspecified atom stereocenters. The van der Waals surface area contributed by atoms with Gasteiger partial charge in [0.1, 0.15) is 0 Å². The number of rotatable bonds is 0. The predicted molar refractivity (Wildman–Crippen MR) is 37.4 cm³/mol. The second-order valence-corrected chi connectivity index (χ2v) is 3.27. The highest BCUT2D eigenvalue weighted by Crippen LogP contribution is 2.21. The molecule has 2 fully saturated rings. The van der Waals surface area contributed by atoms with Crippen molar-refractivity contribution in [2.75, 3.05) is 20.1 Å². The van der Waals surface area contributed by atoms with Crippen molar-refractivity contribution < 1.29 is 0 Å². The Morgan fingerprint density at radius 3 is 3.11 bits per heavy atom. The molecule has 2 aliphatic heterocycles. The summed E-state index contributed by atoms with van der Waals surface area (Å²) < 4.78 is 0. The molecular weight excluding hydrogens is 112 g/mol. The van der Waals surface area contributed by atoms with E-state index in [-0.39, 0.29) is 0 Å². The molecule has 2 rings (SSSR count). The van der Waals surface area contributed by atoms with E-state index < -0.39 is 0 Å². The Hall–Kier alpha value is -0.0800. The van der Waals surface area contributed by atoms with Crippen molar-refractivity contribution in [1.29, 1.82) is 0 Å². The summed E-state index contributed by atoms with van der Waals surface area (Å²) in [6.07, 6.45) is 2.74. The summed E-state index contributed by atoms with van der Waals surface area (Å²) in [5.41, 5.74) is 0. The smallest absolute Gasteiger partial charge is 0.0209 e. The lowest BCUT2D eigenvalue weighted by molar-refractivity contribution is 0.300. The fourth-order valence-corrected chi connectivity index (χ4v) is 2.02. The molecule has 0 spiro atoms. The van der Waals surface area contributed by atoms with Crippen molar-refractivity contribution >= 4 is 0 Å². The summed E-state index contributed by atoms with van der Waals surface area (Å²) in [5.74, 6) is 0. The van der Waals surface area contributed by atoms with Crippen molar-refractivity contribution in [3.63, 3.8) is 0 Å². The average Bonchev–Trinajstić information content (AvgIpc) is 2.09. The van der Waals surface area contributed by atoms with Crippen LogP contribution in [0.3, 0.4) is 0 Å². The zero-order valence-corrected chi connectivity index (χ0v) is 5.93. The molecule has 2 nitrogen and oxygen atoms in total. The Bertz CT molecular complexity index is 111. The van der Waals surface area contributed by atoms with E-state index in [0.717, 1.165) is 12.1 Å². The van der Waals surface area contributed by atoms with Crippen molar-refractivity contribution in [1.82, 2.24) is 10.2 Å². The first-order chi connectivity index (χ1) is 4.36. The van der Waals surface area contributed by atoms with E-state index in [0.29, 0.717) is 0 Å². The highest BCUT2D eigenvalue weighted by molar-refractivity contribution is 4.91. The van der Waals surface area contributed by atoms with Crippen molar-refractivity contribution in [2.24, 2.45) is 0 Å². The predicted octanol–water partition coefficient (Wildman–Crippen LogP) is 0.0524. The van der Waals surface area contributed by atoms with E-state index in [1.165, 1.54) is 25.9 Å². The number of hydrogen-bond acceptors (Lipinski definition) is 2. The molecule has 0 aromatic carbocycles. The standard InChI is InChI=1S/C7H14N2/c1-9-5-6-4-7(9)2-3-8-6/h6-8H,2-5H2,1H3/t6-,7-/m1/s1. The van der Waals surface area contributed by atoms with E-state index >= 15 is 0 Å². The van der Waals surface area contributed by atoms with Crippen LogP contribution < -0.4 is 5.32 Å². The molecule has 0 aliphatic carbocycles. The maximum Gasteiger partial charge on any atom is 0.0209 e. The molecule has 2 saturated heterocycles. The minimum absolute atomic E-state index is 0.814. The summed E-state index contributed by atoms with van der Waals surface area (Å²) in [5, 5.41) is 3.50. The Morgan fingerprint density at radius 1 is 1.56 bits per heavy atom. The molecule has 0 radical (unpaired) electrons. The van der Waals surface area contributed by atoms with E-state index in [4.69, 9.17) is 0 Å². The van der Waals surface area contributed by atoms with Crippen molar-refractivity contribution in [2.45, 2.75) is 24.9 Å². The van der Waals surface area contributed by atoms with Gasteiger partial charge in [-0.1, -0.05) is 0 Å². The minimum Gasteiger partial charge on any atom is -0.313 e. The second kappa shape index (κ2) is 1.96. The number of hydrogen-bond donors (Lipinski definition) is 1. The molecule has 9 heavy (non-hydrogen) atoms. The normalized spacial score (nSPS) is 43.7.